The lowest BCUT2D eigenvalue weighted by Crippen LogP contribution is -2.44. The molecule has 0 bridgehead atoms. The zero-order valence-corrected chi connectivity index (χ0v) is 8.78. The summed E-state index contributed by atoms with van der Waals surface area (Å²) in [6, 6.07) is 4.75. The van der Waals surface area contributed by atoms with Crippen molar-refractivity contribution in [3.63, 3.8) is 0 Å². The Bertz CT molecular complexity index is 348. The Morgan fingerprint density at radius 3 is 2.53 bits per heavy atom. The smallest absolute Gasteiger partial charge is 0.188 e. The number of piperazine rings is 1. The molecule has 0 aromatic heterocycles. The highest BCUT2D eigenvalue weighted by atomic mass is 19.1. The Morgan fingerprint density at radius 1 is 1.20 bits per heavy atom. The molecule has 0 radical (unpaired) electrons. The lowest BCUT2D eigenvalue weighted by molar-refractivity contribution is 0.311. The average molecular weight is 210 g/mol. The van der Waals surface area contributed by atoms with Crippen LogP contribution in [0.25, 0.3) is 0 Å². The van der Waals surface area contributed by atoms with E-state index < -0.39 is 5.82 Å². The summed E-state index contributed by atoms with van der Waals surface area (Å²) < 4.78 is 13.6. The molecule has 0 saturated carbocycles. The highest BCUT2D eigenvalue weighted by Gasteiger charge is 2.18. The third-order valence-electron chi connectivity index (χ3n) is 2.80. The van der Waals surface area contributed by atoms with Gasteiger partial charge < -0.3 is 14.9 Å². The number of benzene rings is 1. The monoisotopic (exact) mass is 210 g/mol. The molecule has 82 valence electrons. The van der Waals surface area contributed by atoms with Crippen LogP contribution < -0.4 is 4.90 Å². The molecule has 0 atom stereocenters. The first-order valence-electron chi connectivity index (χ1n) is 5.09. The van der Waals surface area contributed by atoms with Crippen molar-refractivity contribution < 1.29 is 9.50 Å². The SMILES string of the molecule is CN1CCN(c2cccc(O)c2F)CC1. The molecule has 15 heavy (non-hydrogen) atoms. The first-order valence-corrected chi connectivity index (χ1v) is 5.09. The maximum atomic E-state index is 13.6. The van der Waals surface area contributed by atoms with Crippen molar-refractivity contribution in [1.29, 1.82) is 0 Å². The first-order chi connectivity index (χ1) is 7.18. The van der Waals surface area contributed by atoms with Gasteiger partial charge in [-0.25, -0.2) is 4.39 Å². The number of nitrogens with zero attached hydrogens (tertiary/aromatic N) is 2. The number of hydrogen-bond donors (Lipinski definition) is 1. The van der Waals surface area contributed by atoms with Gasteiger partial charge in [0.25, 0.3) is 0 Å². The van der Waals surface area contributed by atoms with Crippen LogP contribution in [0.15, 0.2) is 18.2 Å². The summed E-state index contributed by atoms with van der Waals surface area (Å²) in [5, 5.41) is 9.27. The Balaban J connectivity index is 2.19. The summed E-state index contributed by atoms with van der Waals surface area (Å²) in [7, 11) is 2.05. The van der Waals surface area contributed by atoms with E-state index in [0.717, 1.165) is 26.2 Å². The summed E-state index contributed by atoms with van der Waals surface area (Å²) >= 11 is 0. The van der Waals surface area contributed by atoms with Crippen molar-refractivity contribution in [2.45, 2.75) is 0 Å². The van der Waals surface area contributed by atoms with Crippen molar-refractivity contribution in [2.24, 2.45) is 0 Å². The van der Waals surface area contributed by atoms with Gasteiger partial charge >= 0.3 is 0 Å². The van der Waals surface area contributed by atoms with Crippen molar-refractivity contribution in [1.82, 2.24) is 4.90 Å². The third kappa shape index (κ3) is 2.04. The normalized spacial score (nSPS) is 18.1. The van der Waals surface area contributed by atoms with E-state index in [0.29, 0.717) is 5.69 Å². The molecule has 1 aromatic carbocycles. The number of likely N-dealkylation sites (N-methyl/N-ethyl adjacent to an activating group) is 1. The molecule has 3 nitrogen and oxygen atoms in total. The molecule has 1 N–H and O–H groups in total. The molecular weight excluding hydrogens is 195 g/mol. The number of halogens is 1. The van der Waals surface area contributed by atoms with Crippen LogP contribution in [0.3, 0.4) is 0 Å². The van der Waals surface area contributed by atoms with Crippen LogP contribution in [0.1, 0.15) is 0 Å². The van der Waals surface area contributed by atoms with Gasteiger partial charge in [-0.05, 0) is 19.2 Å². The van der Waals surface area contributed by atoms with Crippen LogP contribution in [0.5, 0.6) is 5.75 Å². The highest BCUT2D eigenvalue weighted by molar-refractivity contribution is 5.52. The summed E-state index contributed by atoms with van der Waals surface area (Å²) in [4.78, 5) is 4.17. The van der Waals surface area contributed by atoms with Gasteiger partial charge in [0.2, 0.25) is 0 Å². The Kier molecular flexibility index (Phi) is 2.77. The maximum absolute atomic E-state index is 13.6. The van der Waals surface area contributed by atoms with Gasteiger partial charge in [-0.2, -0.15) is 0 Å². The van der Waals surface area contributed by atoms with Gasteiger partial charge in [0.1, 0.15) is 0 Å². The van der Waals surface area contributed by atoms with Crippen LogP contribution in [0.2, 0.25) is 0 Å². The molecular formula is C11H15FN2O. The third-order valence-corrected chi connectivity index (χ3v) is 2.80. The molecule has 1 saturated heterocycles. The number of rotatable bonds is 1. The van der Waals surface area contributed by atoms with E-state index >= 15 is 0 Å². The van der Waals surface area contributed by atoms with Gasteiger partial charge in [0.05, 0.1) is 5.69 Å². The fourth-order valence-corrected chi connectivity index (χ4v) is 1.80. The van der Waals surface area contributed by atoms with E-state index in [1.54, 1.807) is 12.1 Å². The number of aromatic hydroxyl groups is 1. The minimum Gasteiger partial charge on any atom is -0.505 e. The van der Waals surface area contributed by atoms with Crippen molar-refractivity contribution in [3.8, 4) is 5.75 Å². The van der Waals surface area contributed by atoms with E-state index in [9.17, 15) is 9.50 Å². The lowest BCUT2D eigenvalue weighted by atomic mass is 10.2. The van der Waals surface area contributed by atoms with Gasteiger partial charge in [0, 0.05) is 26.2 Å². The Morgan fingerprint density at radius 2 is 1.87 bits per heavy atom. The zero-order chi connectivity index (χ0) is 10.8. The van der Waals surface area contributed by atoms with Gasteiger partial charge in [-0.3, -0.25) is 0 Å². The van der Waals surface area contributed by atoms with Gasteiger partial charge in [0.15, 0.2) is 11.6 Å². The molecule has 1 aromatic rings. The summed E-state index contributed by atoms with van der Waals surface area (Å²) in [5.41, 5.74) is 0.503. The minimum absolute atomic E-state index is 0.272. The molecule has 4 heteroatoms. The Hall–Kier alpha value is -1.29. The second kappa shape index (κ2) is 4.06. The van der Waals surface area contributed by atoms with Crippen LogP contribution >= 0.6 is 0 Å². The molecule has 0 unspecified atom stereocenters. The molecule has 2 rings (SSSR count). The fourth-order valence-electron chi connectivity index (χ4n) is 1.80. The van der Waals surface area contributed by atoms with Crippen LogP contribution in [0.4, 0.5) is 10.1 Å². The van der Waals surface area contributed by atoms with Crippen molar-refractivity contribution >= 4 is 5.69 Å². The number of phenols is 1. The molecule has 0 spiro atoms. The Labute approximate surface area is 88.7 Å². The second-order valence-corrected chi connectivity index (χ2v) is 3.90. The van der Waals surface area contributed by atoms with Crippen LogP contribution in [0, 0.1) is 5.82 Å². The predicted octanol–water partition coefficient (Wildman–Crippen LogP) is 1.28. The number of phenolic OH excluding ortho intramolecular Hbond substituents is 1. The van der Waals surface area contributed by atoms with Crippen LogP contribution in [-0.2, 0) is 0 Å². The maximum Gasteiger partial charge on any atom is 0.188 e. The van der Waals surface area contributed by atoms with E-state index in [1.807, 2.05) is 4.90 Å². The van der Waals surface area contributed by atoms with E-state index in [4.69, 9.17) is 0 Å². The topological polar surface area (TPSA) is 26.7 Å². The summed E-state index contributed by atoms with van der Waals surface area (Å²) in [6.07, 6.45) is 0. The highest BCUT2D eigenvalue weighted by Crippen LogP contribution is 2.26. The molecule has 1 aliphatic heterocycles. The van der Waals surface area contributed by atoms with Crippen molar-refractivity contribution in [2.75, 3.05) is 38.1 Å². The molecule has 0 amide bonds. The fraction of sp³-hybridized carbons (Fsp3) is 0.455. The molecule has 0 aliphatic carbocycles. The second-order valence-electron chi connectivity index (χ2n) is 3.90. The van der Waals surface area contributed by atoms with E-state index in [1.165, 1.54) is 6.07 Å². The van der Waals surface area contributed by atoms with Gasteiger partial charge in [-0.15, -0.1) is 0 Å². The average Bonchev–Trinajstić information content (AvgIpc) is 2.24. The summed E-state index contributed by atoms with van der Waals surface area (Å²) in [5.74, 6) is -0.784. The largest absolute Gasteiger partial charge is 0.505 e. The summed E-state index contributed by atoms with van der Waals surface area (Å²) in [6.45, 7) is 3.46. The van der Waals surface area contributed by atoms with Gasteiger partial charge in [-0.1, -0.05) is 6.07 Å². The quantitative estimate of drug-likeness (QED) is 0.756. The molecule has 1 heterocycles. The molecule has 1 fully saturated rings. The van der Waals surface area contributed by atoms with Crippen LogP contribution in [-0.4, -0.2) is 43.2 Å². The van der Waals surface area contributed by atoms with E-state index in [-0.39, 0.29) is 5.75 Å². The standard InChI is InChI=1S/C11H15FN2O/c1-13-5-7-14(8-6-13)9-3-2-4-10(15)11(9)12/h2-4,15H,5-8H2,1H3. The number of hydrogen-bond acceptors (Lipinski definition) is 3. The minimum atomic E-state index is -0.512. The van der Waals surface area contributed by atoms with E-state index in [2.05, 4.69) is 11.9 Å². The number of anilines is 1. The van der Waals surface area contributed by atoms with Crippen molar-refractivity contribution in [3.05, 3.63) is 24.0 Å². The zero-order valence-electron chi connectivity index (χ0n) is 8.78. The molecule has 1 aliphatic rings. The first kappa shape index (κ1) is 10.2. The predicted molar refractivity (Wildman–Crippen MR) is 57.8 cm³/mol. The lowest BCUT2D eigenvalue weighted by Gasteiger charge is -2.34.